The fourth-order valence-electron chi connectivity index (χ4n) is 4.19. The van der Waals surface area contributed by atoms with Crippen LogP contribution in [-0.2, 0) is 16.9 Å². The zero-order valence-electron chi connectivity index (χ0n) is 17.5. The quantitative estimate of drug-likeness (QED) is 0.637. The van der Waals surface area contributed by atoms with Crippen LogP contribution in [0.4, 0.5) is 5.69 Å². The highest BCUT2D eigenvalue weighted by Crippen LogP contribution is 2.43. The molecule has 0 aliphatic carbocycles. The average Bonchev–Trinajstić information content (AvgIpc) is 2.93. The first kappa shape index (κ1) is 20.0. The van der Waals surface area contributed by atoms with Crippen LogP contribution in [0.1, 0.15) is 44.6 Å². The number of anilines is 1. The monoisotopic (exact) mass is 399 g/mol. The van der Waals surface area contributed by atoms with Crippen LogP contribution in [0.15, 0.2) is 66.7 Å². The molecule has 3 aromatic rings. The van der Waals surface area contributed by atoms with Crippen LogP contribution in [0.5, 0.6) is 0 Å². The Kier molecular flexibility index (Phi) is 5.04. The summed E-state index contributed by atoms with van der Waals surface area (Å²) in [6.45, 7) is 6.19. The summed E-state index contributed by atoms with van der Waals surface area (Å²) in [5.41, 5.74) is 3.76. The zero-order valence-corrected chi connectivity index (χ0v) is 17.5. The van der Waals surface area contributed by atoms with Crippen LogP contribution in [-0.4, -0.2) is 16.8 Å². The third kappa shape index (κ3) is 3.33. The molecule has 0 bridgehead atoms. The second-order valence-corrected chi connectivity index (χ2v) is 8.11. The van der Waals surface area contributed by atoms with Crippen LogP contribution >= 0.6 is 0 Å². The molecule has 30 heavy (non-hydrogen) atoms. The number of Topliss-reactive ketones (excluding diaryl/α,β-unsaturated/α-hetero) is 1. The van der Waals surface area contributed by atoms with Crippen molar-refractivity contribution in [2.24, 2.45) is 0 Å². The summed E-state index contributed by atoms with van der Waals surface area (Å²) in [6, 6.07) is 20.6. The van der Waals surface area contributed by atoms with Gasteiger partial charge in [-0.2, -0.15) is 0 Å². The second-order valence-electron chi connectivity index (χ2n) is 8.11. The largest absolute Gasteiger partial charge is 0.375 e. The summed E-state index contributed by atoms with van der Waals surface area (Å²) in [6.07, 6.45) is -0.280. The highest BCUT2D eigenvalue weighted by molar-refractivity contribution is 6.11. The second kappa shape index (κ2) is 7.54. The topological polar surface area (TPSA) is 57.6 Å². The number of aryl methyl sites for hydroxylation is 3. The van der Waals surface area contributed by atoms with Crippen molar-refractivity contribution in [1.29, 1.82) is 0 Å². The number of para-hydroxylation sites is 1. The Hall–Kier alpha value is -3.24. The number of nitrogens with zero attached hydrogens (tertiary/aromatic N) is 1. The van der Waals surface area contributed by atoms with E-state index < -0.39 is 11.5 Å². The molecule has 0 spiro atoms. The molecule has 0 saturated heterocycles. The minimum Gasteiger partial charge on any atom is -0.375 e. The molecule has 152 valence electrons. The van der Waals surface area contributed by atoms with E-state index in [9.17, 15) is 14.7 Å². The molecule has 4 rings (SSSR count). The Bertz CT molecular complexity index is 1140. The summed E-state index contributed by atoms with van der Waals surface area (Å²) in [7, 11) is 0. The molecule has 4 heteroatoms. The van der Waals surface area contributed by atoms with E-state index >= 15 is 0 Å². The van der Waals surface area contributed by atoms with E-state index in [-0.39, 0.29) is 12.2 Å². The van der Waals surface area contributed by atoms with Crippen LogP contribution < -0.4 is 4.90 Å². The number of benzene rings is 3. The van der Waals surface area contributed by atoms with Gasteiger partial charge in [-0.25, -0.2) is 0 Å². The SMILES string of the molecule is Cc1cc(C)c(C(=O)C[C@@]2(O)C(=O)N(Cc3ccccc3)c3ccccc32)cc1C. The molecule has 0 saturated carbocycles. The first-order valence-electron chi connectivity index (χ1n) is 10.1. The Morgan fingerprint density at radius 2 is 1.53 bits per heavy atom. The number of hydrogen-bond donors (Lipinski definition) is 1. The van der Waals surface area contributed by atoms with Gasteiger partial charge in [-0.1, -0.05) is 54.6 Å². The summed E-state index contributed by atoms with van der Waals surface area (Å²) < 4.78 is 0. The number of aliphatic hydroxyl groups is 1. The van der Waals surface area contributed by atoms with E-state index in [1.165, 1.54) is 0 Å². The number of ketones is 1. The minimum absolute atomic E-state index is 0.234. The minimum atomic E-state index is -1.87. The molecule has 3 aromatic carbocycles. The van der Waals surface area contributed by atoms with Gasteiger partial charge in [0.25, 0.3) is 5.91 Å². The first-order valence-corrected chi connectivity index (χ1v) is 10.1. The molecule has 0 aromatic heterocycles. The fourth-order valence-corrected chi connectivity index (χ4v) is 4.19. The normalized spacial score (nSPS) is 17.9. The molecule has 0 radical (unpaired) electrons. The van der Waals surface area contributed by atoms with E-state index in [1.54, 1.807) is 17.0 Å². The maximum Gasteiger partial charge on any atom is 0.264 e. The van der Waals surface area contributed by atoms with Crippen molar-refractivity contribution in [1.82, 2.24) is 0 Å². The lowest BCUT2D eigenvalue weighted by atomic mass is 9.86. The maximum absolute atomic E-state index is 13.4. The molecular weight excluding hydrogens is 374 g/mol. The third-order valence-corrected chi connectivity index (χ3v) is 5.98. The van der Waals surface area contributed by atoms with Gasteiger partial charge in [-0.3, -0.25) is 9.59 Å². The molecular formula is C26H25NO3. The van der Waals surface area contributed by atoms with Gasteiger partial charge in [0.2, 0.25) is 0 Å². The third-order valence-electron chi connectivity index (χ3n) is 5.98. The van der Waals surface area contributed by atoms with E-state index in [0.29, 0.717) is 23.4 Å². The molecule has 1 amide bonds. The predicted octanol–water partition coefficient (Wildman–Crippen LogP) is 4.62. The molecule has 0 unspecified atom stereocenters. The number of fused-ring (bicyclic) bond motifs is 1. The summed E-state index contributed by atoms with van der Waals surface area (Å²) in [4.78, 5) is 28.1. The lowest BCUT2D eigenvalue weighted by Crippen LogP contribution is -2.41. The molecule has 1 heterocycles. The van der Waals surface area contributed by atoms with Crippen molar-refractivity contribution in [3.8, 4) is 0 Å². The average molecular weight is 399 g/mol. The number of rotatable bonds is 5. The van der Waals surface area contributed by atoms with Crippen LogP contribution in [0.2, 0.25) is 0 Å². The standard InChI is InChI=1S/C26H25NO3/c1-17-13-19(3)21(14-18(17)2)24(28)15-26(30)22-11-7-8-12-23(22)27(25(26)29)16-20-9-5-4-6-10-20/h4-14,30H,15-16H2,1-3H3/t26-/m0/s1. The predicted molar refractivity (Wildman–Crippen MR) is 118 cm³/mol. The lowest BCUT2D eigenvalue weighted by Gasteiger charge is -2.23. The van der Waals surface area contributed by atoms with Crippen molar-refractivity contribution < 1.29 is 14.7 Å². The summed E-state index contributed by atoms with van der Waals surface area (Å²) in [5, 5.41) is 11.5. The van der Waals surface area contributed by atoms with Gasteiger partial charge >= 0.3 is 0 Å². The Labute approximate surface area is 176 Å². The Morgan fingerprint density at radius 3 is 2.27 bits per heavy atom. The van der Waals surface area contributed by atoms with Gasteiger partial charge in [-0.15, -0.1) is 0 Å². The van der Waals surface area contributed by atoms with Crippen LogP contribution in [0.3, 0.4) is 0 Å². The summed E-state index contributed by atoms with van der Waals surface area (Å²) >= 11 is 0. The van der Waals surface area contributed by atoms with Gasteiger partial charge < -0.3 is 10.0 Å². The molecule has 0 fully saturated rings. The number of amides is 1. The number of carbonyl (C=O) groups excluding carboxylic acids is 2. The maximum atomic E-state index is 13.4. The van der Waals surface area contributed by atoms with E-state index in [2.05, 4.69) is 0 Å². The van der Waals surface area contributed by atoms with Crippen molar-refractivity contribution in [2.75, 3.05) is 4.90 Å². The zero-order chi connectivity index (χ0) is 21.5. The van der Waals surface area contributed by atoms with Crippen molar-refractivity contribution in [2.45, 2.75) is 39.3 Å². The van der Waals surface area contributed by atoms with Gasteiger partial charge in [0, 0.05) is 11.1 Å². The highest BCUT2D eigenvalue weighted by atomic mass is 16.3. The van der Waals surface area contributed by atoms with Crippen molar-refractivity contribution >= 4 is 17.4 Å². The number of carbonyl (C=O) groups is 2. The summed E-state index contributed by atoms with van der Waals surface area (Å²) in [5.74, 6) is -0.690. The highest BCUT2D eigenvalue weighted by Gasteiger charge is 2.50. The molecule has 1 N–H and O–H groups in total. The smallest absolute Gasteiger partial charge is 0.264 e. The van der Waals surface area contributed by atoms with Crippen LogP contribution in [0.25, 0.3) is 0 Å². The van der Waals surface area contributed by atoms with Crippen molar-refractivity contribution in [3.05, 3.63) is 100 Å². The van der Waals surface area contributed by atoms with Gasteiger partial charge in [0.05, 0.1) is 18.7 Å². The van der Waals surface area contributed by atoms with Crippen molar-refractivity contribution in [3.63, 3.8) is 0 Å². The lowest BCUT2D eigenvalue weighted by molar-refractivity contribution is -0.136. The molecule has 4 nitrogen and oxygen atoms in total. The first-order chi connectivity index (χ1) is 14.3. The molecule has 1 aliphatic heterocycles. The van der Waals surface area contributed by atoms with E-state index in [1.807, 2.05) is 75.4 Å². The van der Waals surface area contributed by atoms with Crippen LogP contribution in [0, 0.1) is 20.8 Å². The van der Waals surface area contributed by atoms with Gasteiger partial charge in [0.15, 0.2) is 11.4 Å². The van der Waals surface area contributed by atoms with Gasteiger partial charge in [0.1, 0.15) is 0 Å². The van der Waals surface area contributed by atoms with E-state index in [4.69, 9.17) is 0 Å². The fraction of sp³-hybridized carbons (Fsp3) is 0.231. The Balaban J connectivity index is 1.70. The number of hydrogen-bond acceptors (Lipinski definition) is 3. The van der Waals surface area contributed by atoms with Gasteiger partial charge in [-0.05, 0) is 55.2 Å². The van der Waals surface area contributed by atoms with E-state index in [0.717, 1.165) is 22.3 Å². The molecule has 1 atom stereocenters. The molecule has 1 aliphatic rings. The Morgan fingerprint density at radius 1 is 0.900 bits per heavy atom.